The van der Waals surface area contributed by atoms with E-state index in [1.54, 1.807) is 19.1 Å². The van der Waals surface area contributed by atoms with E-state index in [9.17, 15) is 13.2 Å². The van der Waals surface area contributed by atoms with Crippen molar-refractivity contribution in [2.75, 3.05) is 7.11 Å². The van der Waals surface area contributed by atoms with E-state index in [2.05, 4.69) is 10.0 Å². The molecule has 21 heavy (non-hydrogen) atoms. The average Bonchev–Trinajstić information content (AvgIpc) is 2.37. The standard InChI is InChI=1S/C14H22N2O4S/c1-9(2)15-14(17)11(4)16-21(18,19)13-8-10(3)6-7-12(13)20-5/h6-9,11,16H,1-5H3,(H,15,17)/t11-/m1/s1. The van der Waals surface area contributed by atoms with Gasteiger partial charge in [-0.05, 0) is 45.4 Å². The summed E-state index contributed by atoms with van der Waals surface area (Å²) in [5, 5.41) is 2.66. The Balaban J connectivity index is 3.02. The molecule has 6 nitrogen and oxygen atoms in total. The summed E-state index contributed by atoms with van der Waals surface area (Å²) in [5.41, 5.74) is 0.787. The van der Waals surface area contributed by atoms with Crippen LogP contribution < -0.4 is 14.8 Å². The Morgan fingerprint density at radius 3 is 2.38 bits per heavy atom. The fourth-order valence-electron chi connectivity index (χ4n) is 1.75. The first kappa shape index (κ1) is 17.5. The zero-order valence-electron chi connectivity index (χ0n) is 12.9. The molecule has 118 valence electrons. The molecule has 7 heteroatoms. The topological polar surface area (TPSA) is 84.5 Å². The molecule has 0 aromatic heterocycles. The van der Waals surface area contributed by atoms with Gasteiger partial charge in [0.1, 0.15) is 10.6 Å². The Bertz CT molecular complexity index is 611. The molecule has 0 aliphatic heterocycles. The Morgan fingerprint density at radius 2 is 1.86 bits per heavy atom. The summed E-state index contributed by atoms with van der Waals surface area (Å²) < 4.78 is 32.2. The third-order valence-corrected chi connectivity index (χ3v) is 4.33. The molecule has 0 heterocycles. The molecule has 0 radical (unpaired) electrons. The van der Waals surface area contributed by atoms with Gasteiger partial charge in [0.05, 0.1) is 13.2 Å². The van der Waals surface area contributed by atoms with Crippen LogP contribution in [0.3, 0.4) is 0 Å². The van der Waals surface area contributed by atoms with E-state index >= 15 is 0 Å². The summed E-state index contributed by atoms with van der Waals surface area (Å²) in [4.78, 5) is 11.8. The van der Waals surface area contributed by atoms with Crippen LogP contribution in [0.15, 0.2) is 23.1 Å². The number of amides is 1. The van der Waals surface area contributed by atoms with E-state index in [1.807, 2.05) is 13.8 Å². The molecule has 0 unspecified atom stereocenters. The van der Waals surface area contributed by atoms with Gasteiger partial charge in [-0.2, -0.15) is 4.72 Å². The van der Waals surface area contributed by atoms with Crippen molar-refractivity contribution in [1.82, 2.24) is 10.0 Å². The van der Waals surface area contributed by atoms with E-state index in [4.69, 9.17) is 4.74 Å². The van der Waals surface area contributed by atoms with Crippen LogP contribution in [0.2, 0.25) is 0 Å². The van der Waals surface area contributed by atoms with Crippen molar-refractivity contribution in [3.05, 3.63) is 23.8 Å². The molecular weight excluding hydrogens is 292 g/mol. The number of hydrogen-bond acceptors (Lipinski definition) is 4. The minimum absolute atomic E-state index is 0.0224. The van der Waals surface area contributed by atoms with Gasteiger partial charge in [0, 0.05) is 6.04 Å². The maximum Gasteiger partial charge on any atom is 0.244 e. The molecule has 0 aliphatic carbocycles. The lowest BCUT2D eigenvalue weighted by Gasteiger charge is -2.17. The SMILES string of the molecule is COc1ccc(C)cc1S(=O)(=O)N[C@H](C)C(=O)NC(C)C. The lowest BCUT2D eigenvalue weighted by molar-refractivity contribution is -0.122. The van der Waals surface area contributed by atoms with E-state index in [0.717, 1.165) is 5.56 Å². The number of carbonyl (C=O) groups is 1. The van der Waals surface area contributed by atoms with Crippen molar-refractivity contribution < 1.29 is 17.9 Å². The first-order valence-electron chi connectivity index (χ1n) is 6.64. The third kappa shape index (κ3) is 4.71. The normalized spacial score (nSPS) is 13.0. The molecule has 1 aromatic carbocycles. The minimum atomic E-state index is -3.84. The Morgan fingerprint density at radius 1 is 1.24 bits per heavy atom. The van der Waals surface area contributed by atoms with Crippen molar-refractivity contribution in [3.63, 3.8) is 0 Å². The summed E-state index contributed by atoms with van der Waals surface area (Å²) in [6.07, 6.45) is 0. The molecule has 0 bridgehead atoms. The first-order chi connectivity index (χ1) is 9.67. The molecule has 0 aliphatic rings. The zero-order valence-corrected chi connectivity index (χ0v) is 13.7. The summed E-state index contributed by atoms with van der Waals surface area (Å²) in [6, 6.07) is 3.92. The summed E-state index contributed by atoms with van der Waals surface area (Å²) in [7, 11) is -2.44. The number of carbonyl (C=O) groups excluding carboxylic acids is 1. The van der Waals surface area contributed by atoms with Gasteiger partial charge in [0.25, 0.3) is 0 Å². The lowest BCUT2D eigenvalue weighted by atomic mass is 10.2. The van der Waals surface area contributed by atoms with Gasteiger partial charge in [0.15, 0.2) is 0 Å². The average molecular weight is 314 g/mol. The van der Waals surface area contributed by atoms with Gasteiger partial charge in [-0.15, -0.1) is 0 Å². The second-order valence-corrected chi connectivity index (χ2v) is 6.84. The maximum absolute atomic E-state index is 12.4. The number of aryl methyl sites for hydroxylation is 1. The van der Waals surface area contributed by atoms with Crippen molar-refractivity contribution in [2.45, 2.75) is 44.7 Å². The maximum atomic E-state index is 12.4. The van der Waals surface area contributed by atoms with E-state index in [-0.39, 0.29) is 22.6 Å². The smallest absolute Gasteiger partial charge is 0.244 e. The molecule has 0 fully saturated rings. The van der Waals surface area contributed by atoms with Gasteiger partial charge >= 0.3 is 0 Å². The Kier molecular flexibility index (Phi) is 5.74. The summed E-state index contributed by atoms with van der Waals surface area (Å²) in [6.45, 7) is 6.90. The fourth-order valence-corrected chi connectivity index (χ4v) is 3.21. The van der Waals surface area contributed by atoms with Crippen LogP contribution in [0.1, 0.15) is 26.3 Å². The monoisotopic (exact) mass is 314 g/mol. The predicted octanol–water partition coefficient (Wildman–Crippen LogP) is 1.20. The van der Waals surface area contributed by atoms with Crippen LogP contribution in [0.4, 0.5) is 0 Å². The first-order valence-corrected chi connectivity index (χ1v) is 8.13. The highest BCUT2D eigenvalue weighted by atomic mass is 32.2. The number of nitrogens with one attached hydrogen (secondary N) is 2. The van der Waals surface area contributed by atoms with Gasteiger partial charge in [0.2, 0.25) is 15.9 Å². The van der Waals surface area contributed by atoms with Gasteiger partial charge in [-0.1, -0.05) is 6.07 Å². The van der Waals surface area contributed by atoms with Crippen LogP contribution in [-0.2, 0) is 14.8 Å². The molecule has 1 aromatic rings. The van der Waals surface area contributed by atoms with Crippen molar-refractivity contribution in [3.8, 4) is 5.75 Å². The Labute approximate surface area is 125 Å². The van der Waals surface area contributed by atoms with Crippen molar-refractivity contribution >= 4 is 15.9 Å². The third-order valence-electron chi connectivity index (χ3n) is 2.76. The Hall–Kier alpha value is -1.60. The molecule has 0 saturated carbocycles. The van der Waals surface area contributed by atoms with Crippen molar-refractivity contribution in [2.24, 2.45) is 0 Å². The highest BCUT2D eigenvalue weighted by Crippen LogP contribution is 2.24. The lowest BCUT2D eigenvalue weighted by Crippen LogP contribution is -2.46. The van der Waals surface area contributed by atoms with Crippen LogP contribution in [0, 0.1) is 6.92 Å². The van der Waals surface area contributed by atoms with Crippen LogP contribution in [-0.4, -0.2) is 33.5 Å². The number of ether oxygens (including phenoxy) is 1. The van der Waals surface area contributed by atoms with Crippen LogP contribution in [0.25, 0.3) is 0 Å². The summed E-state index contributed by atoms with van der Waals surface area (Å²) in [5.74, 6) is -0.134. The quantitative estimate of drug-likeness (QED) is 0.826. The summed E-state index contributed by atoms with van der Waals surface area (Å²) >= 11 is 0. The number of rotatable bonds is 6. The van der Waals surface area contributed by atoms with E-state index in [1.165, 1.54) is 20.1 Å². The highest BCUT2D eigenvalue weighted by molar-refractivity contribution is 7.89. The zero-order chi connectivity index (χ0) is 16.2. The molecular formula is C14H22N2O4S. The largest absolute Gasteiger partial charge is 0.495 e. The molecule has 0 spiro atoms. The highest BCUT2D eigenvalue weighted by Gasteiger charge is 2.25. The fraction of sp³-hybridized carbons (Fsp3) is 0.500. The second kappa shape index (κ2) is 6.91. The minimum Gasteiger partial charge on any atom is -0.495 e. The van der Waals surface area contributed by atoms with Gasteiger partial charge < -0.3 is 10.1 Å². The molecule has 1 atom stereocenters. The molecule has 1 rings (SSSR count). The number of methoxy groups -OCH3 is 1. The molecule has 1 amide bonds. The predicted molar refractivity (Wildman–Crippen MR) is 80.8 cm³/mol. The number of hydrogen-bond donors (Lipinski definition) is 2. The van der Waals surface area contributed by atoms with Crippen LogP contribution in [0.5, 0.6) is 5.75 Å². The van der Waals surface area contributed by atoms with E-state index < -0.39 is 16.1 Å². The molecule has 0 saturated heterocycles. The van der Waals surface area contributed by atoms with E-state index in [0.29, 0.717) is 0 Å². The number of benzene rings is 1. The van der Waals surface area contributed by atoms with Gasteiger partial charge in [-0.3, -0.25) is 4.79 Å². The molecule has 2 N–H and O–H groups in total. The van der Waals surface area contributed by atoms with Crippen LogP contribution >= 0.6 is 0 Å². The number of sulfonamides is 1. The second-order valence-electron chi connectivity index (χ2n) is 5.16. The van der Waals surface area contributed by atoms with Crippen molar-refractivity contribution in [1.29, 1.82) is 0 Å². The van der Waals surface area contributed by atoms with Gasteiger partial charge in [-0.25, -0.2) is 8.42 Å².